The average Bonchev–Trinajstić information content (AvgIpc) is 3.00. The van der Waals surface area contributed by atoms with Gasteiger partial charge in [0.15, 0.2) is 0 Å². The summed E-state index contributed by atoms with van der Waals surface area (Å²) in [5.41, 5.74) is 5.79. The highest BCUT2D eigenvalue weighted by Crippen LogP contribution is 2.34. The van der Waals surface area contributed by atoms with Crippen LogP contribution in [0.4, 0.5) is 0 Å². The van der Waals surface area contributed by atoms with Gasteiger partial charge < -0.3 is 5.73 Å². The van der Waals surface area contributed by atoms with Gasteiger partial charge in [-0.25, -0.2) is 8.42 Å². The van der Waals surface area contributed by atoms with E-state index >= 15 is 0 Å². The number of hydrogen-bond donors (Lipinski definition) is 1. The highest BCUT2D eigenvalue weighted by Gasteiger charge is 2.41. The predicted octanol–water partition coefficient (Wildman–Crippen LogP) is 1.71. The van der Waals surface area contributed by atoms with E-state index in [0.29, 0.717) is 19.0 Å². The molecule has 0 radical (unpaired) electrons. The number of nitrogens with zero attached hydrogens (tertiary/aromatic N) is 1. The molecule has 2 N–H and O–H groups in total. The van der Waals surface area contributed by atoms with Crippen LogP contribution in [0.5, 0.6) is 0 Å². The molecule has 2 rings (SSSR count). The quantitative estimate of drug-likeness (QED) is 0.830. The summed E-state index contributed by atoms with van der Waals surface area (Å²) in [5.74, 6) is 0.362. The summed E-state index contributed by atoms with van der Waals surface area (Å²) in [5, 5.41) is -0.128. The van der Waals surface area contributed by atoms with Crippen LogP contribution in [-0.2, 0) is 10.0 Å². The van der Waals surface area contributed by atoms with Crippen molar-refractivity contribution >= 4 is 10.0 Å². The van der Waals surface area contributed by atoms with Crippen molar-refractivity contribution < 1.29 is 8.42 Å². The van der Waals surface area contributed by atoms with Crippen molar-refractivity contribution in [2.24, 2.45) is 11.7 Å². The van der Waals surface area contributed by atoms with Crippen LogP contribution >= 0.6 is 0 Å². The third kappa shape index (κ3) is 2.58. The van der Waals surface area contributed by atoms with E-state index in [0.717, 1.165) is 44.9 Å². The van der Waals surface area contributed by atoms with Crippen molar-refractivity contribution in [2.45, 2.75) is 63.2 Å². The zero-order valence-electron chi connectivity index (χ0n) is 11.3. The molecule has 0 aliphatic heterocycles. The molecule has 5 heteroatoms. The average molecular weight is 274 g/mol. The molecule has 0 heterocycles. The molecule has 2 aliphatic carbocycles. The molecule has 2 saturated carbocycles. The lowest BCUT2D eigenvalue weighted by molar-refractivity contribution is 0.273. The number of hydrogen-bond acceptors (Lipinski definition) is 3. The van der Waals surface area contributed by atoms with Crippen molar-refractivity contribution in [3.63, 3.8) is 0 Å². The van der Waals surface area contributed by atoms with Gasteiger partial charge in [0.2, 0.25) is 10.0 Å². The van der Waals surface area contributed by atoms with Crippen LogP contribution in [0.2, 0.25) is 0 Å². The molecular weight excluding hydrogens is 248 g/mol. The molecular formula is C13H26N2O2S. The molecule has 0 aromatic heterocycles. The van der Waals surface area contributed by atoms with Gasteiger partial charge in [0, 0.05) is 12.6 Å². The summed E-state index contributed by atoms with van der Waals surface area (Å²) in [4.78, 5) is 0. The Hall–Kier alpha value is -0.130. The van der Waals surface area contributed by atoms with E-state index < -0.39 is 10.0 Å². The predicted molar refractivity (Wildman–Crippen MR) is 73.7 cm³/mol. The fourth-order valence-corrected chi connectivity index (χ4v) is 5.98. The molecule has 4 nitrogen and oxygen atoms in total. The fraction of sp³-hybridized carbons (Fsp3) is 1.00. The molecule has 0 aromatic carbocycles. The molecule has 106 valence electrons. The maximum atomic E-state index is 12.7. The van der Waals surface area contributed by atoms with E-state index in [1.165, 1.54) is 0 Å². The molecule has 2 atom stereocenters. The van der Waals surface area contributed by atoms with Crippen LogP contribution in [0.25, 0.3) is 0 Å². The highest BCUT2D eigenvalue weighted by atomic mass is 32.2. The molecule has 2 aliphatic rings. The molecule has 0 saturated heterocycles. The van der Waals surface area contributed by atoms with Crippen LogP contribution in [0.15, 0.2) is 0 Å². The summed E-state index contributed by atoms with van der Waals surface area (Å²) < 4.78 is 27.2. The Kier molecular flexibility index (Phi) is 4.67. The zero-order valence-corrected chi connectivity index (χ0v) is 12.2. The summed E-state index contributed by atoms with van der Waals surface area (Å²) in [6.07, 6.45) is 7.00. The summed E-state index contributed by atoms with van der Waals surface area (Å²) in [7, 11) is -3.10. The monoisotopic (exact) mass is 274 g/mol. The Morgan fingerprint density at radius 3 is 2.33 bits per heavy atom. The van der Waals surface area contributed by atoms with Gasteiger partial charge >= 0.3 is 0 Å². The first-order valence-electron chi connectivity index (χ1n) is 7.32. The Morgan fingerprint density at radius 1 is 1.11 bits per heavy atom. The first-order chi connectivity index (χ1) is 8.61. The van der Waals surface area contributed by atoms with Gasteiger partial charge in [-0.1, -0.05) is 26.2 Å². The van der Waals surface area contributed by atoms with E-state index in [1.807, 2.05) is 6.92 Å². The topological polar surface area (TPSA) is 63.4 Å². The minimum atomic E-state index is -3.10. The summed E-state index contributed by atoms with van der Waals surface area (Å²) >= 11 is 0. The van der Waals surface area contributed by atoms with Crippen molar-refractivity contribution in [3.05, 3.63) is 0 Å². The SMILES string of the molecule is CCN(C1CCCC1CN)S(=O)(=O)C1CCCC1. The van der Waals surface area contributed by atoms with Gasteiger partial charge in [0.25, 0.3) is 0 Å². The lowest BCUT2D eigenvalue weighted by atomic mass is 10.0. The van der Waals surface area contributed by atoms with Crippen LogP contribution in [0.1, 0.15) is 51.9 Å². The molecule has 2 fully saturated rings. The van der Waals surface area contributed by atoms with Crippen molar-refractivity contribution in [1.82, 2.24) is 4.31 Å². The lowest BCUT2D eigenvalue weighted by Gasteiger charge is -2.33. The van der Waals surface area contributed by atoms with Crippen LogP contribution in [0.3, 0.4) is 0 Å². The lowest BCUT2D eigenvalue weighted by Crippen LogP contribution is -2.47. The van der Waals surface area contributed by atoms with Crippen LogP contribution in [-0.4, -0.2) is 37.1 Å². The van der Waals surface area contributed by atoms with Crippen LogP contribution in [0, 0.1) is 5.92 Å². The number of rotatable bonds is 5. The number of sulfonamides is 1. The molecule has 0 amide bonds. The second kappa shape index (κ2) is 5.88. The largest absolute Gasteiger partial charge is 0.330 e. The van der Waals surface area contributed by atoms with Gasteiger partial charge in [0.1, 0.15) is 0 Å². The fourth-order valence-electron chi connectivity index (χ4n) is 3.65. The van der Waals surface area contributed by atoms with E-state index in [4.69, 9.17) is 5.73 Å². The van der Waals surface area contributed by atoms with Crippen LogP contribution < -0.4 is 5.73 Å². The van der Waals surface area contributed by atoms with Gasteiger partial charge in [-0.3, -0.25) is 0 Å². The molecule has 0 bridgehead atoms. The standard InChI is InChI=1S/C13H26N2O2S/c1-2-15(13-9-5-6-11(13)10-14)18(16,17)12-7-3-4-8-12/h11-13H,2-10,14H2,1H3. The van der Waals surface area contributed by atoms with Gasteiger partial charge in [0.05, 0.1) is 5.25 Å². The van der Waals surface area contributed by atoms with Gasteiger partial charge in [-0.15, -0.1) is 0 Å². The van der Waals surface area contributed by atoms with Crippen molar-refractivity contribution in [3.8, 4) is 0 Å². The molecule has 18 heavy (non-hydrogen) atoms. The third-order valence-electron chi connectivity index (χ3n) is 4.65. The normalized spacial score (nSPS) is 30.4. The highest BCUT2D eigenvalue weighted by molar-refractivity contribution is 7.89. The Morgan fingerprint density at radius 2 is 1.78 bits per heavy atom. The van der Waals surface area contributed by atoms with Crippen molar-refractivity contribution in [2.75, 3.05) is 13.1 Å². The summed E-state index contributed by atoms with van der Waals surface area (Å²) in [6, 6.07) is 0.158. The maximum absolute atomic E-state index is 12.7. The smallest absolute Gasteiger partial charge is 0.217 e. The van der Waals surface area contributed by atoms with E-state index in [9.17, 15) is 8.42 Å². The van der Waals surface area contributed by atoms with Crippen molar-refractivity contribution in [1.29, 1.82) is 0 Å². The Labute approximate surface area is 111 Å². The summed E-state index contributed by atoms with van der Waals surface area (Å²) in [6.45, 7) is 3.17. The molecule has 2 unspecified atom stereocenters. The number of nitrogens with two attached hydrogens (primary N) is 1. The van der Waals surface area contributed by atoms with E-state index in [-0.39, 0.29) is 11.3 Å². The zero-order chi connectivity index (χ0) is 13.2. The third-order valence-corrected chi connectivity index (χ3v) is 7.15. The second-order valence-corrected chi connectivity index (χ2v) is 7.81. The first kappa shape index (κ1) is 14.3. The van der Waals surface area contributed by atoms with Gasteiger partial charge in [-0.05, 0) is 38.1 Å². The first-order valence-corrected chi connectivity index (χ1v) is 8.82. The van der Waals surface area contributed by atoms with E-state index in [1.54, 1.807) is 4.31 Å². The Bertz CT molecular complexity index is 363. The molecule has 0 aromatic rings. The second-order valence-electron chi connectivity index (χ2n) is 5.65. The maximum Gasteiger partial charge on any atom is 0.217 e. The minimum Gasteiger partial charge on any atom is -0.330 e. The Balaban J connectivity index is 2.16. The van der Waals surface area contributed by atoms with Gasteiger partial charge in [-0.2, -0.15) is 4.31 Å². The minimum absolute atomic E-state index is 0.128. The molecule has 0 spiro atoms. The van der Waals surface area contributed by atoms with E-state index in [2.05, 4.69) is 0 Å².